The number of benzene rings is 2. The highest BCUT2D eigenvalue weighted by molar-refractivity contribution is 5.88. The first-order valence-electron chi connectivity index (χ1n) is 11.7. The molecule has 2 N–H and O–H groups in total. The van der Waals surface area contributed by atoms with Gasteiger partial charge in [-0.1, -0.05) is 0 Å². The van der Waals surface area contributed by atoms with Gasteiger partial charge in [-0.05, 0) is 50.2 Å². The number of nitrogens with one attached hydrogen (secondary N) is 2. The number of rotatable bonds is 6. The molecule has 0 radical (unpaired) electrons. The highest BCUT2D eigenvalue weighted by Gasteiger charge is 2.20. The van der Waals surface area contributed by atoms with Crippen LogP contribution in [0.2, 0.25) is 0 Å². The van der Waals surface area contributed by atoms with Crippen LogP contribution in [0.5, 0.6) is 11.5 Å². The average molecular weight is 474 g/mol. The number of hydrogen-bond donors (Lipinski definition) is 2. The Morgan fingerprint density at radius 3 is 2.46 bits per heavy atom. The van der Waals surface area contributed by atoms with Gasteiger partial charge in [0.15, 0.2) is 28.5 Å². The minimum atomic E-state index is 0.142. The van der Waals surface area contributed by atoms with E-state index in [-0.39, 0.29) is 12.8 Å². The highest BCUT2D eigenvalue weighted by atomic mass is 16.7. The van der Waals surface area contributed by atoms with Gasteiger partial charge in [0.1, 0.15) is 6.33 Å². The lowest BCUT2D eigenvalue weighted by Gasteiger charge is -2.28. The Morgan fingerprint density at radius 2 is 1.66 bits per heavy atom. The fourth-order valence-corrected chi connectivity index (χ4v) is 4.39. The van der Waals surface area contributed by atoms with Crippen molar-refractivity contribution >= 4 is 40.0 Å². The summed E-state index contributed by atoms with van der Waals surface area (Å²) in [6, 6.07) is 14.2. The van der Waals surface area contributed by atoms with Crippen LogP contribution in [-0.2, 0) is 4.74 Å². The fraction of sp³-hybridized carbons (Fsp3) is 0.320. The van der Waals surface area contributed by atoms with Crippen molar-refractivity contribution in [1.29, 1.82) is 0 Å². The Hall–Kier alpha value is -4.05. The first-order valence-corrected chi connectivity index (χ1v) is 11.7. The van der Waals surface area contributed by atoms with E-state index in [0.717, 1.165) is 49.1 Å². The van der Waals surface area contributed by atoms with Crippen LogP contribution >= 0.6 is 0 Å². The van der Waals surface area contributed by atoms with Gasteiger partial charge in [-0.2, -0.15) is 0 Å². The van der Waals surface area contributed by atoms with E-state index in [2.05, 4.69) is 68.2 Å². The smallest absolute Gasteiger partial charge is 0.231 e. The van der Waals surface area contributed by atoms with Gasteiger partial charge in [0, 0.05) is 42.3 Å². The summed E-state index contributed by atoms with van der Waals surface area (Å²) in [4.78, 5) is 16.2. The highest BCUT2D eigenvalue weighted by Crippen LogP contribution is 2.36. The van der Waals surface area contributed by atoms with E-state index in [9.17, 15) is 0 Å². The van der Waals surface area contributed by atoms with Crippen LogP contribution < -0.4 is 25.0 Å². The van der Waals surface area contributed by atoms with Crippen molar-refractivity contribution < 1.29 is 14.2 Å². The van der Waals surface area contributed by atoms with Crippen LogP contribution in [0.3, 0.4) is 0 Å². The molecule has 0 atom stereocenters. The molecule has 1 fully saturated rings. The third-order valence-corrected chi connectivity index (χ3v) is 6.13. The molecule has 0 amide bonds. The Morgan fingerprint density at radius 1 is 0.886 bits per heavy atom. The zero-order valence-electron chi connectivity index (χ0n) is 19.7. The summed E-state index contributed by atoms with van der Waals surface area (Å²) in [5.74, 6) is 2.77. The van der Waals surface area contributed by atoms with Gasteiger partial charge in [-0.3, -0.25) is 4.57 Å². The van der Waals surface area contributed by atoms with Crippen molar-refractivity contribution in [1.82, 2.24) is 19.5 Å². The predicted octanol–water partition coefficient (Wildman–Crippen LogP) is 4.46. The van der Waals surface area contributed by atoms with Gasteiger partial charge in [0.05, 0.1) is 13.2 Å². The third-order valence-electron chi connectivity index (χ3n) is 6.13. The Bertz CT molecular complexity index is 1350. The number of hydrogen-bond acceptors (Lipinski definition) is 9. The quantitative estimate of drug-likeness (QED) is 0.420. The average Bonchev–Trinajstić information content (AvgIpc) is 3.49. The van der Waals surface area contributed by atoms with E-state index in [1.807, 2.05) is 18.2 Å². The van der Waals surface area contributed by atoms with Crippen LogP contribution in [0.1, 0.15) is 19.9 Å². The molecule has 4 aromatic rings. The first kappa shape index (κ1) is 21.5. The van der Waals surface area contributed by atoms with Crippen molar-refractivity contribution in [3.05, 3.63) is 48.8 Å². The minimum absolute atomic E-state index is 0.142. The molecule has 35 heavy (non-hydrogen) atoms. The normalized spacial score (nSPS) is 15.1. The van der Waals surface area contributed by atoms with Crippen LogP contribution in [0.25, 0.3) is 11.2 Å². The molecular weight excluding hydrogens is 446 g/mol. The fourth-order valence-electron chi connectivity index (χ4n) is 4.39. The molecule has 0 bridgehead atoms. The summed E-state index contributed by atoms with van der Waals surface area (Å²) in [6.07, 6.45) is 1.55. The van der Waals surface area contributed by atoms with E-state index in [1.54, 1.807) is 6.33 Å². The van der Waals surface area contributed by atoms with Crippen LogP contribution in [0, 0.1) is 0 Å². The summed E-state index contributed by atoms with van der Waals surface area (Å²) in [7, 11) is 0. The topological polar surface area (TPSA) is 98.6 Å². The van der Waals surface area contributed by atoms with Crippen LogP contribution in [-0.4, -0.2) is 52.6 Å². The summed E-state index contributed by atoms with van der Waals surface area (Å²) < 4.78 is 18.5. The van der Waals surface area contributed by atoms with Crippen molar-refractivity contribution in [3.8, 4) is 11.5 Å². The number of morpholine rings is 1. The lowest BCUT2D eigenvalue weighted by Crippen LogP contribution is -2.36. The molecule has 2 aliphatic heterocycles. The number of fused-ring (bicyclic) bond motifs is 2. The molecular formula is C25H27N7O3. The zero-order valence-corrected chi connectivity index (χ0v) is 19.7. The first-order chi connectivity index (χ1) is 17.2. The second-order valence-electron chi connectivity index (χ2n) is 8.76. The lowest BCUT2D eigenvalue weighted by atomic mass is 10.2. The zero-order chi connectivity index (χ0) is 23.8. The number of anilines is 5. The molecule has 4 heterocycles. The molecule has 2 aromatic heterocycles. The molecule has 10 heteroatoms. The Labute approximate surface area is 202 Å². The number of ether oxygens (including phenoxy) is 3. The molecule has 2 aromatic carbocycles. The molecule has 1 saturated heterocycles. The van der Waals surface area contributed by atoms with E-state index < -0.39 is 0 Å². The third kappa shape index (κ3) is 4.17. The maximum absolute atomic E-state index is 5.50. The maximum atomic E-state index is 5.50. The van der Waals surface area contributed by atoms with Gasteiger partial charge in [0.2, 0.25) is 12.7 Å². The van der Waals surface area contributed by atoms with E-state index >= 15 is 0 Å². The van der Waals surface area contributed by atoms with Crippen LogP contribution in [0.4, 0.5) is 28.8 Å². The number of imidazole rings is 1. The second-order valence-corrected chi connectivity index (χ2v) is 8.76. The minimum Gasteiger partial charge on any atom is -0.454 e. The van der Waals surface area contributed by atoms with Crippen molar-refractivity contribution in [2.24, 2.45) is 0 Å². The summed E-state index contributed by atoms with van der Waals surface area (Å²) in [6.45, 7) is 7.81. The molecule has 180 valence electrons. The standard InChI is InChI=1S/C25H27N7O3/c1-16(2)32-24-22(23(26-14-27-24)28-18-5-8-20-21(13-18)35-15-34-20)30-25(32)29-17-3-6-19(7-4-17)31-9-11-33-12-10-31/h3-8,13-14,16H,9-12,15H2,1-2H3,(H,29,30)(H,26,27,28). The second kappa shape index (κ2) is 8.95. The largest absolute Gasteiger partial charge is 0.454 e. The molecule has 10 nitrogen and oxygen atoms in total. The summed E-state index contributed by atoms with van der Waals surface area (Å²) in [5.41, 5.74) is 4.42. The molecule has 6 rings (SSSR count). The van der Waals surface area contributed by atoms with Gasteiger partial charge >= 0.3 is 0 Å². The van der Waals surface area contributed by atoms with Gasteiger partial charge in [0.25, 0.3) is 0 Å². The van der Waals surface area contributed by atoms with Gasteiger partial charge in [-0.15, -0.1) is 0 Å². The van der Waals surface area contributed by atoms with Crippen LogP contribution in [0.15, 0.2) is 48.8 Å². The molecule has 0 aliphatic carbocycles. The van der Waals surface area contributed by atoms with Gasteiger partial charge in [-0.25, -0.2) is 15.0 Å². The van der Waals surface area contributed by atoms with E-state index in [0.29, 0.717) is 23.0 Å². The number of aromatic nitrogens is 4. The van der Waals surface area contributed by atoms with Gasteiger partial charge < -0.3 is 29.7 Å². The SMILES string of the molecule is CC(C)n1c(Nc2ccc(N3CCOCC3)cc2)nc2c(Nc3ccc4c(c3)OCO4)ncnc21. The Balaban J connectivity index is 1.30. The van der Waals surface area contributed by atoms with Crippen molar-refractivity contribution in [2.75, 3.05) is 48.6 Å². The van der Waals surface area contributed by atoms with E-state index in [1.165, 1.54) is 5.69 Å². The Kier molecular flexibility index (Phi) is 5.49. The molecule has 0 unspecified atom stereocenters. The van der Waals surface area contributed by atoms with Crippen molar-refractivity contribution in [2.45, 2.75) is 19.9 Å². The number of nitrogens with zero attached hydrogens (tertiary/aromatic N) is 5. The summed E-state index contributed by atoms with van der Waals surface area (Å²) in [5, 5.41) is 6.83. The van der Waals surface area contributed by atoms with Crippen molar-refractivity contribution in [3.63, 3.8) is 0 Å². The molecule has 2 aliphatic rings. The maximum Gasteiger partial charge on any atom is 0.231 e. The summed E-state index contributed by atoms with van der Waals surface area (Å²) >= 11 is 0. The molecule has 0 saturated carbocycles. The predicted molar refractivity (Wildman–Crippen MR) is 134 cm³/mol. The van der Waals surface area contributed by atoms with E-state index in [4.69, 9.17) is 19.2 Å². The lowest BCUT2D eigenvalue weighted by molar-refractivity contribution is 0.122. The molecule has 0 spiro atoms. The monoisotopic (exact) mass is 473 g/mol.